The number of likely N-dealkylation sites (tertiary alicyclic amines) is 1. The van der Waals surface area contributed by atoms with Gasteiger partial charge in [0.1, 0.15) is 11.4 Å². The lowest BCUT2D eigenvalue weighted by molar-refractivity contribution is -0.120. The Morgan fingerprint density at radius 3 is 2.32 bits per heavy atom. The summed E-state index contributed by atoms with van der Waals surface area (Å²) in [6.07, 6.45) is 3.08. The summed E-state index contributed by atoms with van der Waals surface area (Å²) in [5.41, 5.74) is 0.446. The quantitative estimate of drug-likeness (QED) is 0.770. The summed E-state index contributed by atoms with van der Waals surface area (Å²) in [7, 11) is 1.66. The van der Waals surface area contributed by atoms with Gasteiger partial charge in [0.15, 0.2) is 0 Å². The third kappa shape index (κ3) is 4.59. The fourth-order valence-corrected chi connectivity index (χ4v) is 4.20. The molecule has 1 atom stereocenters. The molecule has 0 aromatic heterocycles. The van der Waals surface area contributed by atoms with E-state index in [1.807, 2.05) is 30.3 Å². The molecule has 0 radical (unpaired) electrons. The maximum absolute atomic E-state index is 13.5. The second-order valence-corrected chi connectivity index (χ2v) is 7.53. The molecule has 1 amide bonds. The summed E-state index contributed by atoms with van der Waals surface area (Å²) in [5.74, 6) is -0.176. The van der Waals surface area contributed by atoms with E-state index in [4.69, 9.17) is 0 Å². The molecule has 1 aliphatic heterocycles. The number of hydrogen-bond acceptors (Lipinski definition) is 3. The molecule has 2 aromatic carbocycles. The molecule has 1 heterocycles. The third-order valence-corrected chi connectivity index (χ3v) is 5.83. The Morgan fingerprint density at radius 1 is 1.11 bits per heavy atom. The first-order chi connectivity index (χ1) is 13.5. The highest BCUT2D eigenvalue weighted by molar-refractivity contribution is 5.75. The Kier molecular flexibility index (Phi) is 6.81. The van der Waals surface area contributed by atoms with Gasteiger partial charge in [-0.25, -0.2) is 4.39 Å². The van der Waals surface area contributed by atoms with E-state index in [2.05, 4.69) is 10.2 Å². The summed E-state index contributed by atoms with van der Waals surface area (Å²) in [5, 5.41) is 14.5. The number of amides is 1. The molecular weight excluding hydrogens is 355 g/mol. The zero-order chi connectivity index (χ0) is 20.0. The van der Waals surface area contributed by atoms with Gasteiger partial charge in [0.2, 0.25) is 5.91 Å². The Hall–Kier alpha value is -2.24. The standard InChI is InChI=1S/C23H29FN2O2/c1-25-22(27)8-5-15-26-16-13-20(14-17-26)23(28,18-6-3-2-4-7-18)19-9-11-21(24)12-10-19/h2-4,6-7,9-12,20,28H,5,8,13-17H2,1H3,(H,25,27). The van der Waals surface area contributed by atoms with Crippen molar-refractivity contribution in [1.82, 2.24) is 10.2 Å². The summed E-state index contributed by atoms with van der Waals surface area (Å²) >= 11 is 0. The van der Waals surface area contributed by atoms with Gasteiger partial charge >= 0.3 is 0 Å². The highest BCUT2D eigenvalue weighted by Gasteiger charge is 2.41. The maximum Gasteiger partial charge on any atom is 0.219 e. The molecule has 1 saturated heterocycles. The molecule has 150 valence electrons. The van der Waals surface area contributed by atoms with Crippen LogP contribution in [-0.2, 0) is 10.4 Å². The zero-order valence-electron chi connectivity index (χ0n) is 16.4. The number of piperidine rings is 1. The maximum atomic E-state index is 13.5. The van der Waals surface area contributed by atoms with Crippen LogP contribution in [-0.4, -0.2) is 42.6 Å². The lowest BCUT2D eigenvalue weighted by Gasteiger charge is -2.42. The number of carbonyl (C=O) groups excluding carboxylic acids is 1. The van der Waals surface area contributed by atoms with Gasteiger partial charge in [-0.1, -0.05) is 42.5 Å². The fraction of sp³-hybridized carbons (Fsp3) is 0.435. The molecular formula is C23H29FN2O2. The van der Waals surface area contributed by atoms with Gasteiger partial charge in [0, 0.05) is 13.5 Å². The number of hydrogen-bond donors (Lipinski definition) is 2. The fourth-order valence-electron chi connectivity index (χ4n) is 4.20. The molecule has 4 nitrogen and oxygen atoms in total. The van der Waals surface area contributed by atoms with Crippen LogP contribution in [0.4, 0.5) is 4.39 Å². The minimum atomic E-state index is -1.14. The predicted octanol–water partition coefficient (Wildman–Crippen LogP) is 3.30. The van der Waals surface area contributed by atoms with E-state index in [1.54, 1.807) is 19.2 Å². The van der Waals surface area contributed by atoms with Crippen LogP contribution in [0, 0.1) is 11.7 Å². The number of halogens is 1. The van der Waals surface area contributed by atoms with Crippen molar-refractivity contribution in [2.24, 2.45) is 5.92 Å². The van der Waals surface area contributed by atoms with Crippen LogP contribution < -0.4 is 5.32 Å². The lowest BCUT2D eigenvalue weighted by atomic mass is 9.72. The van der Waals surface area contributed by atoms with Gasteiger partial charge in [0.25, 0.3) is 0 Å². The summed E-state index contributed by atoms with van der Waals surface area (Å²) in [6, 6.07) is 15.9. The van der Waals surface area contributed by atoms with Crippen molar-refractivity contribution in [3.8, 4) is 0 Å². The van der Waals surface area contributed by atoms with Crippen molar-refractivity contribution in [1.29, 1.82) is 0 Å². The van der Waals surface area contributed by atoms with Crippen molar-refractivity contribution < 1.29 is 14.3 Å². The first-order valence-corrected chi connectivity index (χ1v) is 10.0. The second-order valence-electron chi connectivity index (χ2n) is 7.53. The van der Waals surface area contributed by atoms with Crippen molar-refractivity contribution in [2.45, 2.75) is 31.3 Å². The Bertz CT molecular complexity index is 758. The molecule has 5 heteroatoms. The monoisotopic (exact) mass is 384 g/mol. The first-order valence-electron chi connectivity index (χ1n) is 10.0. The van der Waals surface area contributed by atoms with Crippen LogP contribution in [0.2, 0.25) is 0 Å². The Balaban J connectivity index is 1.72. The number of aliphatic hydroxyl groups is 1. The molecule has 0 saturated carbocycles. The normalized spacial score (nSPS) is 17.8. The minimum Gasteiger partial charge on any atom is -0.380 e. The van der Waals surface area contributed by atoms with E-state index in [1.165, 1.54) is 12.1 Å². The van der Waals surface area contributed by atoms with Gasteiger partial charge in [-0.05, 0) is 68.1 Å². The van der Waals surface area contributed by atoms with Gasteiger partial charge < -0.3 is 15.3 Å². The number of rotatable bonds is 7. The molecule has 28 heavy (non-hydrogen) atoms. The van der Waals surface area contributed by atoms with Crippen molar-refractivity contribution >= 4 is 5.91 Å². The van der Waals surface area contributed by atoms with Crippen LogP contribution in [0.5, 0.6) is 0 Å². The van der Waals surface area contributed by atoms with Gasteiger partial charge in [-0.3, -0.25) is 4.79 Å². The summed E-state index contributed by atoms with van der Waals surface area (Å²) < 4.78 is 13.5. The zero-order valence-corrected chi connectivity index (χ0v) is 16.4. The van der Waals surface area contributed by atoms with E-state index in [9.17, 15) is 14.3 Å². The highest BCUT2D eigenvalue weighted by atomic mass is 19.1. The predicted molar refractivity (Wildman–Crippen MR) is 108 cm³/mol. The molecule has 2 N–H and O–H groups in total. The van der Waals surface area contributed by atoms with Gasteiger partial charge in [-0.15, -0.1) is 0 Å². The van der Waals surface area contributed by atoms with Crippen molar-refractivity contribution in [2.75, 3.05) is 26.7 Å². The van der Waals surface area contributed by atoms with Crippen molar-refractivity contribution in [3.05, 3.63) is 71.5 Å². The topological polar surface area (TPSA) is 52.6 Å². The van der Waals surface area contributed by atoms with E-state index in [0.717, 1.165) is 50.0 Å². The van der Waals surface area contributed by atoms with E-state index >= 15 is 0 Å². The number of nitrogens with one attached hydrogen (secondary N) is 1. The first kappa shape index (κ1) is 20.5. The Labute approximate surface area is 166 Å². The van der Waals surface area contributed by atoms with Crippen LogP contribution in [0.3, 0.4) is 0 Å². The molecule has 0 aliphatic carbocycles. The molecule has 3 rings (SSSR count). The molecule has 1 fully saturated rings. The highest BCUT2D eigenvalue weighted by Crippen LogP contribution is 2.42. The van der Waals surface area contributed by atoms with E-state index < -0.39 is 5.60 Å². The molecule has 0 bridgehead atoms. The molecule has 1 unspecified atom stereocenters. The minimum absolute atomic E-state index is 0.0514. The Morgan fingerprint density at radius 2 is 1.71 bits per heavy atom. The largest absolute Gasteiger partial charge is 0.380 e. The van der Waals surface area contributed by atoms with E-state index in [0.29, 0.717) is 6.42 Å². The average Bonchev–Trinajstić information content (AvgIpc) is 2.74. The third-order valence-electron chi connectivity index (χ3n) is 5.83. The number of nitrogens with zero attached hydrogens (tertiary/aromatic N) is 1. The van der Waals surface area contributed by atoms with Crippen LogP contribution in [0.25, 0.3) is 0 Å². The van der Waals surface area contributed by atoms with Crippen LogP contribution in [0.15, 0.2) is 54.6 Å². The summed E-state index contributed by atoms with van der Waals surface area (Å²) in [4.78, 5) is 13.7. The SMILES string of the molecule is CNC(=O)CCCN1CCC(C(O)(c2ccccc2)c2ccc(F)cc2)CC1. The molecule has 1 aliphatic rings. The lowest BCUT2D eigenvalue weighted by Crippen LogP contribution is -2.44. The van der Waals surface area contributed by atoms with Crippen LogP contribution in [0.1, 0.15) is 36.8 Å². The van der Waals surface area contributed by atoms with E-state index in [-0.39, 0.29) is 17.6 Å². The summed E-state index contributed by atoms with van der Waals surface area (Å²) in [6.45, 7) is 2.66. The van der Waals surface area contributed by atoms with Gasteiger partial charge in [-0.2, -0.15) is 0 Å². The number of benzene rings is 2. The average molecular weight is 384 g/mol. The smallest absolute Gasteiger partial charge is 0.219 e. The molecule has 0 spiro atoms. The number of carbonyl (C=O) groups is 1. The molecule has 2 aromatic rings. The van der Waals surface area contributed by atoms with Crippen LogP contribution >= 0.6 is 0 Å². The van der Waals surface area contributed by atoms with Crippen molar-refractivity contribution in [3.63, 3.8) is 0 Å². The second kappa shape index (κ2) is 9.30. The van der Waals surface area contributed by atoms with Gasteiger partial charge in [0.05, 0.1) is 0 Å².